The third-order valence-electron chi connectivity index (χ3n) is 4.63. The summed E-state index contributed by atoms with van der Waals surface area (Å²) in [5, 5.41) is 13.5. The number of hydrogen-bond donors (Lipinski definition) is 0. The molecule has 9 nitrogen and oxygen atoms in total. The van der Waals surface area contributed by atoms with Crippen molar-refractivity contribution in [3.63, 3.8) is 0 Å². The van der Waals surface area contributed by atoms with Crippen LogP contribution in [0.25, 0.3) is 11.7 Å². The summed E-state index contributed by atoms with van der Waals surface area (Å²) in [5.41, 5.74) is 0.147. The lowest BCUT2D eigenvalue weighted by molar-refractivity contribution is 0.143. The first-order valence-electron chi connectivity index (χ1n) is 8.82. The van der Waals surface area contributed by atoms with Crippen molar-refractivity contribution < 1.29 is 17.3 Å². The summed E-state index contributed by atoms with van der Waals surface area (Å²) in [5.74, 6) is 0.788. The van der Waals surface area contributed by atoms with E-state index in [2.05, 4.69) is 5.10 Å². The summed E-state index contributed by atoms with van der Waals surface area (Å²) in [6.45, 7) is 1.99. The average molecular weight is 431 g/mol. The van der Waals surface area contributed by atoms with Crippen LogP contribution in [0.15, 0.2) is 56.4 Å². The van der Waals surface area contributed by atoms with Crippen LogP contribution in [0.2, 0.25) is 0 Å². The topological polar surface area (TPSA) is 109 Å². The minimum atomic E-state index is -3.72. The smallest absolute Gasteiger partial charge is 0.288 e. The van der Waals surface area contributed by atoms with E-state index in [0.717, 1.165) is 0 Å². The number of rotatable bonds is 5. The van der Waals surface area contributed by atoms with Crippen molar-refractivity contribution in [2.45, 2.75) is 11.6 Å². The molecule has 4 rings (SSSR count). The molecule has 3 heterocycles. The first-order chi connectivity index (χ1) is 14.0. The molecule has 11 heteroatoms. The molecule has 3 aromatic rings. The van der Waals surface area contributed by atoms with Crippen LogP contribution in [0.4, 0.5) is 0 Å². The second kappa shape index (κ2) is 7.92. The zero-order valence-electron chi connectivity index (χ0n) is 15.3. The van der Waals surface area contributed by atoms with Gasteiger partial charge in [0.1, 0.15) is 6.07 Å². The van der Waals surface area contributed by atoms with E-state index in [0.29, 0.717) is 44.5 Å². The van der Waals surface area contributed by atoms with Crippen molar-refractivity contribution >= 4 is 22.2 Å². The molecule has 1 aliphatic rings. The largest absolute Gasteiger partial charge is 0.459 e. The van der Waals surface area contributed by atoms with Crippen molar-refractivity contribution in [3.05, 3.63) is 53.1 Å². The molecule has 1 aliphatic heterocycles. The van der Waals surface area contributed by atoms with E-state index in [9.17, 15) is 13.7 Å². The van der Waals surface area contributed by atoms with Crippen LogP contribution in [-0.2, 0) is 16.7 Å². The van der Waals surface area contributed by atoms with Crippen LogP contribution in [-0.4, -0.2) is 53.6 Å². The minimum absolute atomic E-state index is 0.0396. The normalized spacial score (nSPS) is 16.0. The lowest BCUT2D eigenvalue weighted by Gasteiger charge is -2.33. The van der Waals surface area contributed by atoms with Gasteiger partial charge in [-0.2, -0.15) is 9.57 Å². The maximum absolute atomic E-state index is 12.9. The quantitative estimate of drug-likeness (QED) is 0.566. The molecule has 29 heavy (non-hydrogen) atoms. The Kier molecular flexibility index (Phi) is 5.33. The van der Waals surface area contributed by atoms with Crippen LogP contribution in [0.3, 0.4) is 0 Å². The summed E-state index contributed by atoms with van der Waals surface area (Å²) in [4.78, 5) is 2.29. The van der Waals surface area contributed by atoms with Crippen molar-refractivity contribution in [1.29, 1.82) is 5.26 Å². The number of aromatic nitrogens is 2. The molecule has 1 fully saturated rings. The number of nitrogens with zero attached hydrogens (tertiary/aromatic N) is 5. The summed E-state index contributed by atoms with van der Waals surface area (Å²) in [6, 6.07) is 11.6. The lowest BCUT2D eigenvalue weighted by Crippen LogP contribution is -2.49. The molecule has 0 saturated carbocycles. The molecule has 0 unspecified atom stereocenters. The van der Waals surface area contributed by atoms with E-state index in [1.807, 2.05) is 11.0 Å². The molecule has 0 aliphatic carbocycles. The van der Waals surface area contributed by atoms with E-state index < -0.39 is 10.0 Å². The molecule has 0 amide bonds. The predicted octanol–water partition coefficient (Wildman–Crippen LogP) is 2.30. The Labute approximate surface area is 172 Å². The fourth-order valence-corrected chi connectivity index (χ4v) is 4.86. The maximum Gasteiger partial charge on any atom is 0.288 e. The third-order valence-corrected chi connectivity index (χ3v) is 6.88. The van der Waals surface area contributed by atoms with Gasteiger partial charge in [0, 0.05) is 26.2 Å². The van der Waals surface area contributed by atoms with E-state index in [4.69, 9.17) is 21.1 Å². The second-order valence-corrected chi connectivity index (χ2v) is 8.68. The van der Waals surface area contributed by atoms with Crippen LogP contribution < -0.4 is 0 Å². The van der Waals surface area contributed by atoms with Crippen LogP contribution in [0, 0.1) is 16.2 Å². The summed E-state index contributed by atoms with van der Waals surface area (Å²) in [6.07, 6.45) is 1.52. The number of benzene rings is 1. The molecule has 0 bridgehead atoms. The molecule has 2 aromatic heterocycles. The van der Waals surface area contributed by atoms with Crippen molar-refractivity contribution in [1.82, 2.24) is 19.0 Å². The van der Waals surface area contributed by atoms with E-state index in [1.165, 1.54) is 22.7 Å². The second-order valence-electron chi connectivity index (χ2n) is 6.42. The Balaban J connectivity index is 1.44. The van der Waals surface area contributed by atoms with Crippen molar-refractivity contribution in [2.75, 3.05) is 26.2 Å². The number of furan rings is 1. The zero-order chi connectivity index (χ0) is 20.4. The standard InChI is InChI=1S/C18H17N5O4S2/c19-12-14-4-1-2-6-16(14)29(24,25)22-9-7-21(8-10-22)13-23-18(28)27-17(20-23)15-5-3-11-26-15/h1-6,11H,7-10,13H2. The van der Waals surface area contributed by atoms with Gasteiger partial charge >= 0.3 is 0 Å². The van der Waals surface area contributed by atoms with Crippen LogP contribution in [0.1, 0.15) is 5.56 Å². The van der Waals surface area contributed by atoms with Crippen molar-refractivity contribution in [3.8, 4) is 17.7 Å². The summed E-state index contributed by atoms with van der Waals surface area (Å²) < 4.78 is 39.5. The number of hydrogen-bond acceptors (Lipinski definition) is 8. The van der Waals surface area contributed by atoms with Crippen LogP contribution >= 0.6 is 12.2 Å². The molecular formula is C18H17N5O4S2. The average Bonchev–Trinajstić information content (AvgIpc) is 3.39. The number of nitriles is 1. The van der Waals surface area contributed by atoms with Gasteiger partial charge < -0.3 is 8.83 Å². The monoisotopic (exact) mass is 431 g/mol. The van der Waals surface area contributed by atoms with Gasteiger partial charge in [0.25, 0.3) is 10.7 Å². The van der Waals surface area contributed by atoms with Gasteiger partial charge in [-0.1, -0.05) is 12.1 Å². The maximum atomic E-state index is 12.9. The molecule has 0 radical (unpaired) electrons. The van der Waals surface area contributed by atoms with Gasteiger partial charge in [0.2, 0.25) is 10.0 Å². The van der Waals surface area contributed by atoms with Gasteiger partial charge in [-0.05, 0) is 36.5 Å². The van der Waals surface area contributed by atoms with Gasteiger partial charge in [0.05, 0.1) is 23.4 Å². The Morgan fingerprint density at radius 3 is 2.59 bits per heavy atom. The van der Waals surface area contributed by atoms with E-state index in [-0.39, 0.29) is 15.3 Å². The molecule has 0 atom stereocenters. The molecule has 0 N–H and O–H groups in total. The molecule has 1 saturated heterocycles. The molecule has 1 aromatic carbocycles. The minimum Gasteiger partial charge on any atom is -0.459 e. The number of sulfonamides is 1. The van der Waals surface area contributed by atoms with E-state index >= 15 is 0 Å². The Hall–Kier alpha value is -2.78. The highest BCUT2D eigenvalue weighted by molar-refractivity contribution is 7.89. The lowest BCUT2D eigenvalue weighted by atomic mass is 10.2. The first kappa shape index (κ1) is 19.5. The van der Waals surface area contributed by atoms with Gasteiger partial charge in [-0.25, -0.2) is 13.1 Å². The molecule has 150 valence electrons. The summed E-state index contributed by atoms with van der Waals surface area (Å²) in [7, 11) is -3.72. The fourth-order valence-electron chi connectivity index (χ4n) is 3.12. The summed E-state index contributed by atoms with van der Waals surface area (Å²) >= 11 is 5.22. The number of piperazine rings is 1. The van der Waals surface area contributed by atoms with Crippen LogP contribution in [0.5, 0.6) is 0 Å². The molecular weight excluding hydrogens is 414 g/mol. The predicted molar refractivity (Wildman–Crippen MR) is 105 cm³/mol. The van der Waals surface area contributed by atoms with Gasteiger partial charge in [0.15, 0.2) is 5.76 Å². The molecule has 0 spiro atoms. The SMILES string of the molecule is N#Cc1ccccc1S(=O)(=O)N1CCN(Cn2nc(-c3ccco3)oc2=S)CC1. The van der Waals surface area contributed by atoms with Crippen molar-refractivity contribution in [2.24, 2.45) is 0 Å². The highest BCUT2D eigenvalue weighted by Crippen LogP contribution is 2.22. The van der Waals surface area contributed by atoms with Gasteiger partial charge in [-0.15, -0.1) is 5.10 Å². The third kappa shape index (κ3) is 3.88. The Bertz CT molecular complexity index is 1200. The first-order valence-corrected chi connectivity index (χ1v) is 10.7. The van der Waals surface area contributed by atoms with Gasteiger partial charge in [-0.3, -0.25) is 4.90 Å². The van der Waals surface area contributed by atoms with E-state index in [1.54, 1.807) is 28.9 Å². The highest BCUT2D eigenvalue weighted by Gasteiger charge is 2.30. The zero-order valence-corrected chi connectivity index (χ0v) is 16.9. The Morgan fingerprint density at radius 2 is 1.90 bits per heavy atom. The fraction of sp³-hybridized carbons (Fsp3) is 0.278. The Morgan fingerprint density at radius 1 is 1.14 bits per heavy atom. The highest BCUT2D eigenvalue weighted by atomic mass is 32.2.